The summed E-state index contributed by atoms with van der Waals surface area (Å²) in [5.41, 5.74) is 3.31. The lowest BCUT2D eigenvalue weighted by Crippen LogP contribution is -1.94. The number of carboxylic acid groups (broad SMARTS) is 1. The van der Waals surface area contributed by atoms with Gasteiger partial charge in [0, 0.05) is 20.4 Å². The van der Waals surface area contributed by atoms with E-state index in [0.29, 0.717) is 17.3 Å². The molecular weight excluding hydrogens is 459 g/mol. The van der Waals surface area contributed by atoms with Crippen molar-refractivity contribution in [1.82, 2.24) is 0 Å². The number of benzene rings is 3. The van der Waals surface area contributed by atoms with Gasteiger partial charge < -0.3 is 14.6 Å². The van der Waals surface area contributed by atoms with E-state index in [-0.39, 0.29) is 11.4 Å². The van der Waals surface area contributed by atoms with Crippen LogP contribution in [0.15, 0.2) is 77.7 Å². The standard InChI is InChI=1S/C26H21FO4S2/c1-30-22-12-7-18(13-23(22)31-2)24-14-19(15-32-21-10-8-20(27)9-11-21)25(33-24)16-3-5-17(6-4-16)26(28)29/h3-14H,15H2,1-2H3,(H,28,29). The van der Waals surface area contributed by atoms with Crippen LogP contribution in [0.2, 0.25) is 0 Å². The van der Waals surface area contributed by atoms with Gasteiger partial charge >= 0.3 is 5.97 Å². The maximum atomic E-state index is 13.3. The van der Waals surface area contributed by atoms with Gasteiger partial charge in [-0.3, -0.25) is 0 Å². The molecule has 0 aliphatic heterocycles. The lowest BCUT2D eigenvalue weighted by Gasteiger charge is -2.08. The van der Waals surface area contributed by atoms with E-state index in [0.717, 1.165) is 31.3 Å². The van der Waals surface area contributed by atoms with Crippen molar-refractivity contribution in [1.29, 1.82) is 0 Å². The Labute approximate surface area is 199 Å². The molecule has 4 aromatic rings. The summed E-state index contributed by atoms with van der Waals surface area (Å²) in [4.78, 5) is 14.3. The summed E-state index contributed by atoms with van der Waals surface area (Å²) in [6.45, 7) is 0. The summed E-state index contributed by atoms with van der Waals surface area (Å²) >= 11 is 3.26. The quantitative estimate of drug-likeness (QED) is 0.270. The second kappa shape index (κ2) is 10.1. The molecule has 0 radical (unpaired) electrons. The molecule has 0 unspecified atom stereocenters. The molecule has 4 rings (SSSR count). The predicted molar refractivity (Wildman–Crippen MR) is 131 cm³/mol. The fraction of sp³-hybridized carbons (Fsp3) is 0.115. The molecule has 3 aromatic carbocycles. The summed E-state index contributed by atoms with van der Waals surface area (Å²) < 4.78 is 24.1. The summed E-state index contributed by atoms with van der Waals surface area (Å²) in [6, 6.07) is 21.3. The number of carbonyl (C=O) groups is 1. The minimum Gasteiger partial charge on any atom is -0.493 e. The average Bonchev–Trinajstić information content (AvgIpc) is 3.27. The Balaban J connectivity index is 1.72. The van der Waals surface area contributed by atoms with Crippen LogP contribution in [0.5, 0.6) is 11.5 Å². The van der Waals surface area contributed by atoms with E-state index in [4.69, 9.17) is 9.47 Å². The van der Waals surface area contributed by atoms with Gasteiger partial charge in [-0.2, -0.15) is 0 Å². The number of thioether (sulfide) groups is 1. The van der Waals surface area contributed by atoms with Crippen LogP contribution < -0.4 is 9.47 Å². The minimum absolute atomic E-state index is 0.248. The Morgan fingerprint density at radius 2 is 1.58 bits per heavy atom. The molecule has 1 aromatic heterocycles. The van der Waals surface area contributed by atoms with Crippen molar-refractivity contribution >= 4 is 29.1 Å². The van der Waals surface area contributed by atoms with Gasteiger partial charge in [0.2, 0.25) is 0 Å². The van der Waals surface area contributed by atoms with E-state index in [2.05, 4.69) is 6.07 Å². The first-order valence-corrected chi connectivity index (χ1v) is 11.9. The molecule has 1 N–H and O–H groups in total. The summed E-state index contributed by atoms with van der Waals surface area (Å²) in [5.74, 6) is 0.786. The molecule has 168 valence electrons. The first kappa shape index (κ1) is 22.9. The number of ether oxygens (including phenoxy) is 2. The maximum absolute atomic E-state index is 13.3. The zero-order chi connectivity index (χ0) is 23.4. The lowest BCUT2D eigenvalue weighted by atomic mass is 10.1. The Morgan fingerprint density at radius 3 is 2.21 bits per heavy atom. The van der Waals surface area contributed by atoms with Crippen molar-refractivity contribution in [3.8, 4) is 32.4 Å². The van der Waals surface area contributed by atoms with Gasteiger partial charge in [-0.1, -0.05) is 12.1 Å². The summed E-state index contributed by atoms with van der Waals surface area (Å²) in [5, 5.41) is 9.23. The molecule has 33 heavy (non-hydrogen) atoms. The highest BCUT2D eigenvalue weighted by Crippen LogP contribution is 2.42. The molecule has 7 heteroatoms. The highest BCUT2D eigenvalue weighted by atomic mass is 32.2. The maximum Gasteiger partial charge on any atom is 0.335 e. The molecule has 0 fully saturated rings. The van der Waals surface area contributed by atoms with Crippen molar-refractivity contribution in [2.24, 2.45) is 0 Å². The van der Waals surface area contributed by atoms with Crippen LogP contribution in [-0.4, -0.2) is 25.3 Å². The highest BCUT2D eigenvalue weighted by molar-refractivity contribution is 7.98. The monoisotopic (exact) mass is 480 g/mol. The summed E-state index contributed by atoms with van der Waals surface area (Å²) in [6.07, 6.45) is 0. The second-order valence-corrected chi connectivity index (χ2v) is 9.26. The second-order valence-electron chi connectivity index (χ2n) is 7.16. The van der Waals surface area contributed by atoms with Crippen molar-refractivity contribution < 1.29 is 23.8 Å². The van der Waals surface area contributed by atoms with Gasteiger partial charge in [0.15, 0.2) is 11.5 Å². The topological polar surface area (TPSA) is 55.8 Å². The average molecular weight is 481 g/mol. The molecule has 4 nitrogen and oxygen atoms in total. The van der Waals surface area contributed by atoms with Gasteiger partial charge in [0.25, 0.3) is 0 Å². The Kier molecular flexibility index (Phi) is 7.01. The van der Waals surface area contributed by atoms with Crippen molar-refractivity contribution in [3.05, 3.63) is 89.7 Å². The molecular formula is C26H21FO4S2. The molecule has 0 spiro atoms. The van der Waals surface area contributed by atoms with Crippen LogP contribution in [0.4, 0.5) is 4.39 Å². The van der Waals surface area contributed by atoms with Crippen LogP contribution in [0, 0.1) is 5.82 Å². The number of hydrogen-bond donors (Lipinski definition) is 1. The normalized spacial score (nSPS) is 10.8. The third kappa shape index (κ3) is 5.21. The van der Waals surface area contributed by atoms with Gasteiger partial charge in [-0.15, -0.1) is 23.1 Å². The molecule has 0 saturated carbocycles. The third-order valence-corrected chi connectivity index (χ3v) is 7.42. The number of carboxylic acids is 1. The number of hydrogen-bond acceptors (Lipinski definition) is 5. The van der Waals surface area contributed by atoms with Gasteiger partial charge in [-0.05, 0) is 77.4 Å². The van der Waals surface area contributed by atoms with Crippen LogP contribution in [-0.2, 0) is 5.75 Å². The number of rotatable bonds is 8. The predicted octanol–water partition coefficient (Wildman–Crippen LogP) is 7.23. The van der Waals surface area contributed by atoms with Crippen LogP contribution in [0.1, 0.15) is 15.9 Å². The van der Waals surface area contributed by atoms with Crippen molar-refractivity contribution in [3.63, 3.8) is 0 Å². The largest absolute Gasteiger partial charge is 0.493 e. The van der Waals surface area contributed by atoms with E-state index < -0.39 is 5.97 Å². The Bertz CT molecular complexity index is 1260. The SMILES string of the molecule is COc1ccc(-c2cc(CSc3ccc(F)cc3)c(-c3ccc(C(=O)O)cc3)s2)cc1OC. The van der Waals surface area contributed by atoms with Gasteiger partial charge in [0.1, 0.15) is 5.82 Å². The minimum atomic E-state index is -0.953. The highest BCUT2D eigenvalue weighted by Gasteiger charge is 2.15. The van der Waals surface area contributed by atoms with Crippen molar-refractivity contribution in [2.45, 2.75) is 10.6 Å². The smallest absolute Gasteiger partial charge is 0.335 e. The molecule has 0 amide bonds. The Hall–Kier alpha value is -3.29. The number of methoxy groups -OCH3 is 2. The van der Waals surface area contributed by atoms with E-state index in [1.807, 2.05) is 30.3 Å². The third-order valence-electron chi connectivity index (χ3n) is 5.08. The number of halogens is 1. The Morgan fingerprint density at radius 1 is 0.909 bits per heavy atom. The first-order chi connectivity index (χ1) is 16.0. The molecule has 0 aliphatic rings. The van der Waals surface area contributed by atoms with Gasteiger partial charge in [0.05, 0.1) is 19.8 Å². The van der Waals surface area contributed by atoms with E-state index in [1.165, 1.54) is 12.1 Å². The van der Waals surface area contributed by atoms with Crippen LogP contribution in [0.25, 0.3) is 20.9 Å². The van der Waals surface area contributed by atoms with Crippen LogP contribution >= 0.6 is 23.1 Å². The van der Waals surface area contributed by atoms with Crippen LogP contribution in [0.3, 0.4) is 0 Å². The van der Waals surface area contributed by atoms with E-state index in [9.17, 15) is 14.3 Å². The first-order valence-electron chi connectivity index (χ1n) is 10.1. The summed E-state index contributed by atoms with van der Waals surface area (Å²) in [7, 11) is 3.21. The van der Waals surface area contributed by atoms with E-state index in [1.54, 1.807) is 61.6 Å². The van der Waals surface area contributed by atoms with Crippen molar-refractivity contribution in [2.75, 3.05) is 14.2 Å². The molecule has 0 bridgehead atoms. The zero-order valence-corrected chi connectivity index (χ0v) is 19.6. The van der Waals surface area contributed by atoms with E-state index >= 15 is 0 Å². The fourth-order valence-corrected chi connectivity index (χ4v) is 5.52. The molecule has 0 saturated heterocycles. The number of aromatic carboxylic acids is 1. The molecule has 0 aliphatic carbocycles. The molecule has 1 heterocycles. The lowest BCUT2D eigenvalue weighted by molar-refractivity contribution is 0.0697. The zero-order valence-electron chi connectivity index (χ0n) is 18.0. The number of thiophene rings is 1. The molecule has 0 atom stereocenters. The van der Waals surface area contributed by atoms with Gasteiger partial charge in [-0.25, -0.2) is 9.18 Å². The fourth-order valence-electron chi connectivity index (χ4n) is 3.37.